The number of hydrogen-bond donors (Lipinski definition) is 0. The fourth-order valence-electron chi connectivity index (χ4n) is 0.830. The Kier molecular flexibility index (Phi) is 6.97. The Bertz CT molecular complexity index is 160. The summed E-state index contributed by atoms with van der Waals surface area (Å²) in [7, 11) is 0. The standard InChI is InChI=1S/C9H12.2CH4/c1-8-4-3-5-9(2)7-6-8;;/h4-7H,3H2,1-2H3;2*1H4. The Labute approximate surface area is 71.3 Å². The molecular weight excluding hydrogens is 132 g/mol. The van der Waals surface area contributed by atoms with Gasteiger partial charge in [0.05, 0.1) is 0 Å². The van der Waals surface area contributed by atoms with Gasteiger partial charge in [0.1, 0.15) is 0 Å². The van der Waals surface area contributed by atoms with Crippen LogP contribution < -0.4 is 0 Å². The van der Waals surface area contributed by atoms with Crippen LogP contribution in [0.1, 0.15) is 35.1 Å². The average Bonchev–Trinajstić information content (AvgIpc) is 1.97. The van der Waals surface area contributed by atoms with Gasteiger partial charge in [0, 0.05) is 0 Å². The molecule has 0 heteroatoms. The van der Waals surface area contributed by atoms with E-state index in [1.165, 1.54) is 11.1 Å². The zero-order chi connectivity index (χ0) is 6.69. The van der Waals surface area contributed by atoms with Crippen LogP contribution in [0, 0.1) is 0 Å². The molecule has 0 aliphatic heterocycles. The van der Waals surface area contributed by atoms with E-state index in [2.05, 4.69) is 38.2 Å². The smallest absolute Gasteiger partial charge is 0.0158 e. The highest BCUT2D eigenvalue weighted by molar-refractivity contribution is 5.29. The summed E-state index contributed by atoms with van der Waals surface area (Å²) in [6.07, 6.45) is 9.85. The molecule has 0 unspecified atom stereocenters. The molecule has 0 nitrogen and oxygen atoms in total. The summed E-state index contributed by atoms with van der Waals surface area (Å²) >= 11 is 0. The minimum Gasteiger partial charge on any atom is -0.0778 e. The molecule has 0 amide bonds. The number of hydrogen-bond acceptors (Lipinski definition) is 0. The van der Waals surface area contributed by atoms with E-state index >= 15 is 0 Å². The second kappa shape index (κ2) is 5.96. The van der Waals surface area contributed by atoms with Gasteiger partial charge in [-0.3, -0.25) is 0 Å². The summed E-state index contributed by atoms with van der Waals surface area (Å²) in [5.74, 6) is 0. The van der Waals surface area contributed by atoms with Crippen molar-refractivity contribution in [3.63, 3.8) is 0 Å². The first-order valence-corrected chi connectivity index (χ1v) is 3.30. The molecule has 11 heavy (non-hydrogen) atoms. The lowest BCUT2D eigenvalue weighted by atomic mass is 10.2. The maximum Gasteiger partial charge on any atom is -0.0158 e. The van der Waals surface area contributed by atoms with E-state index in [-0.39, 0.29) is 14.9 Å². The van der Waals surface area contributed by atoms with Crippen LogP contribution in [-0.2, 0) is 0 Å². The van der Waals surface area contributed by atoms with E-state index in [0.29, 0.717) is 0 Å². The molecule has 0 aromatic carbocycles. The van der Waals surface area contributed by atoms with Gasteiger partial charge in [-0.15, -0.1) is 0 Å². The highest BCUT2D eigenvalue weighted by Gasteiger charge is 1.87. The quantitative estimate of drug-likeness (QED) is 0.490. The fraction of sp³-hybridized carbons (Fsp3) is 0.455. The van der Waals surface area contributed by atoms with E-state index in [9.17, 15) is 0 Å². The predicted octanol–water partition coefficient (Wildman–Crippen LogP) is 4.11. The third kappa shape index (κ3) is 4.60. The maximum absolute atomic E-state index is 2.23. The molecule has 0 N–H and O–H groups in total. The second-order valence-electron chi connectivity index (χ2n) is 2.47. The fourth-order valence-corrected chi connectivity index (χ4v) is 0.830. The minimum atomic E-state index is 0. The normalized spacial score (nSPS) is 15.1. The zero-order valence-corrected chi connectivity index (χ0v) is 6.02. The van der Waals surface area contributed by atoms with E-state index in [1.807, 2.05) is 0 Å². The first kappa shape index (κ1) is 12.9. The van der Waals surface area contributed by atoms with Gasteiger partial charge in [-0.1, -0.05) is 50.3 Å². The van der Waals surface area contributed by atoms with Gasteiger partial charge in [0.25, 0.3) is 0 Å². The summed E-state index contributed by atoms with van der Waals surface area (Å²) in [5.41, 5.74) is 2.73. The Balaban J connectivity index is 0. The van der Waals surface area contributed by atoms with E-state index in [4.69, 9.17) is 0 Å². The lowest BCUT2D eigenvalue weighted by Crippen LogP contribution is -1.62. The van der Waals surface area contributed by atoms with Gasteiger partial charge in [0.2, 0.25) is 0 Å². The number of allylic oxidation sites excluding steroid dienone is 6. The van der Waals surface area contributed by atoms with Crippen molar-refractivity contribution >= 4 is 0 Å². The molecule has 0 atom stereocenters. The van der Waals surface area contributed by atoms with Gasteiger partial charge in [-0.25, -0.2) is 0 Å². The molecule has 0 radical (unpaired) electrons. The molecular formula is C11H20. The van der Waals surface area contributed by atoms with Crippen LogP contribution in [0.3, 0.4) is 0 Å². The summed E-state index contributed by atoms with van der Waals surface area (Å²) < 4.78 is 0. The highest BCUT2D eigenvalue weighted by Crippen LogP contribution is 2.08. The van der Waals surface area contributed by atoms with Crippen molar-refractivity contribution in [2.45, 2.75) is 35.1 Å². The van der Waals surface area contributed by atoms with Gasteiger partial charge >= 0.3 is 0 Å². The lowest BCUT2D eigenvalue weighted by molar-refractivity contribution is 1.32. The van der Waals surface area contributed by atoms with Gasteiger partial charge in [-0.05, 0) is 20.3 Å². The molecule has 1 aliphatic rings. The number of rotatable bonds is 0. The highest BCUT2D eigenvalue weighted by atomic mass is 13.9. The Morgan fingerprint density at radius 2 is 1.27 bits per heavy atom. The molecule has 0 bridgehead atoms. The second-order valence-corrected chi connectivity index (χ2v) is 2.47. The van der Waals surface area contributed by atoms with Crippen LogP contribution in [0.15, 0.2) is 35.5 Å². The zero-order valence-electron chi connectivity index (χ0n) is 6.02. The molecule has 1 rings (SSSR count). The van der Waals surface area contributed by atoms with Crippen LogP contribution in [0.5, 0.6) is 0 Å². The topological polar surface area (TPSA) is 0 Å². The molecule has 0 saturated carbocycles. The molecule has 1 aliphatic carbocycles. The summed E-state index contributed by atoms with van der Waals surface area (Å²) in [6.45, 7) is 4.26. The molecule has 64 valence electrons. The van der Waals surface area contributed by atoms with Crippen LogP contribution in [-0.4, -0.2) is 0 Å². The maximum atomic E-state index is 2.23. The van der Waals surface area contributed by atoms with Crippen LogP contribution >= 0.6 is 0 Å². The average molecular weight is 152 g/mol. The van der Waals surface area contributed by atoms with E-state index in [1.54, 1.807) is 0 Å². The molecule has 0 aromatic rings. The molecule has 0 aromatic heterocycles. The van der Waals surface area contributed by atoms with E-state index < -0.39 is 0 Å². The van der Waals surface area contributed by atoms with Gasteiger partial charge in [0.15, 0.2) is 0 Å². The first-order chi connectivity index (χ1) is 4.29. The van der Waals surface area contributed by atoms with Crippen molar-refractivity contribution in [1.82, 2.24) is 0 Å². The molecule has 0 heterocycles. The van der Waals surface area contributed by atoms with Crippen molar-refractivity contribution in [2.24, 2.45) is 0 Å². The third-order valence-corrected chi connectivity index (χ3v) is 1.49. The largest absolute Gasteiger partial charge is 0.0778 e. The monoisotopic (exact) mass is 152 g/mol. The van der Waals surface area contributed by atoms with Gasteiger partial charge < -0.3 is 0 Å². The summed E-state index contributed by atoms with van der Waals surface area (Å²) in [6, 6.07) is 0. The van der Waals surface area contributed by atoms with Crippen molar-refractivity contribution < 1.29 is 0 Å². The van der Waals surface area contributed by atoms with Gasteiger partial charge in [-0.2, -0.15) is 0 Å². The van der Waals surface area contributed by atoms with Crippen LogP contribution in [0.4, 0.5) is 0 Å². The Morgan fingerprint density at radius 3 is 1.64 bits per heavy atom. The summed E-state index contributed by atoms with van der Waals surface area (Å²) in [5, 5.41) is 0. The van der Waals surface area contributed by atoms with E-state index in [0.717, 1.165) is 6.42 Å². The SMILES string of the molecule is C.C.CC1=CCC=C(C)C=C1. The Morgan fingerprint density at radius 1 is 0.909 bits per heavy atom. The third-order valence-electron chi connectivity index (χ3n) is 1.49. The van der Waals surface area contributed by atoms with Crippen molar-refractivity contribution in [2.75, 3.05) is 0 Å². The first-order valence-electron chi connectivity index (χ1n) is 3.30. The minimum absolute atomic E-state index is 0. The molecule has 0 spiro atoms. The molecule has 0 fully saturated rings. The lowest BCUT2D eigenvalue weighted by Gasteiger charge is -1.83. The van der Waals surface area contributed by atoms with Crippen molar-refractivity contribution in [1.29, 1.82) is 0 Å². The Hall–Kier alpha value is -0.780. The van der Waals surface area contributed by atoms with Crippen molar-refractivity contribution in [3.05, 3.63) is 35.5 Å². The molecule has 0 saturated heterocycles. The van der Waals surface area contributed by atoms with Crippen molar-refractivity contribution in [3.8, 4) is 0 Å². The summed E-state index contributed by atoms with van der Waals surface area (Å²) in [4.78, 5) is 0. The predicted molar refractivity (Wildman–Crippen MR) is 54.7 cm³/mol. The van der Waals surface area contributed by atoms with Crippen LogP contribution in [0.2, 0.25) is 0 Å². The van der Waals surface area contributed by atoms with Crippen LogP contribution in [0.25, 0.3) is 0 Å².